The molecular weight excluding hydrogens is 135 g/mol. The van der Waals surface area contributed by atoms with Crippen molar-refractivity contribution in [2.24, 2.45) is 0 Å². The molecule has 10 heavy (non-hydrogen) atoms. The van der Waals surface area contributed by atoms with E-state index in [0.29, 0.717) is 0 Å². The smallest absolute Gasteiger partial charge is 0.251 e. The van der Waals surface area contributed by atoms with E-state index in [9.17, 15) is 9.18 Å². The highest BCUT2D eigenvalue weighted by atomic mass is 19.1. The van der Waals surface area contributed by atoms with Gasteiger partial charge in [0.1, 0.15) is 6.17 Å². The number of H-pyrrole nitrogens is 1. The molecule has 0 amide bonds. The molecule has 0 bridgehead atoms. The van der Waals surface area contributed by atoms with Crippen LogP contribution in [0.4, 0.5) is 4.39 Å². The predicted molar refractivity (Wildman–Crippen MR) is 34.4 cm³/mol. The fourth-order valence-corrected chi connectivity index (χ4v) is 0.601. The highest BCUT2D eigenvalue weighted by Gasteiger charge is 2.02. The minimum absolute atomic E-state index is 0.170. The maximum atomic E-state index is 12.4. The molecule has 54 valence electrons. The first-order chi connectivity index (χ1) is 4.70. The summed E-state index contributed by atoms with van der Waals surface area (Å²) in [5.41, 5.74) is -0.154. The van der Waals surface area contributed by atoms with E-state index < -0.39 is 6.17 Å². The van der Waals surface area contributed by atoms with Crippen LogP contribution in [0.3, 0.4) is 0 Å². The van der Waals surface area contributed by atoms with Gasteiger partial charge in [0.05, 0.1) is 12.0 Å². The number of rotatable bonds is 1. The monoisotopic (exact) mass is 142 g/mol. The molecule has 0 aromatic carbocycles. The zero-order valence-electron chi connectivity index (χ0n) is 5.47. The molecule has 1 rings (SSSR count). The Balaban J connectivity index is 3.07. The van der Waals surface area contributed by atoms with E-state index in [1.165, 1.54) is 13.3 Å². The lowest BCUT2D eigenvalue weighted by atomic mass is 10.3. The topological polar surface area (TPSA) is 45.8 Å². The third-order valence-electron chi connectivity index (χ3n) is 1.11. The van der Waals surface area contributed by atoms with E-state index in [2.05, 4.69) is 9.97 Å². The molecule has 1 atom stereocenters. The minimum Gasteiger partial charge on any atom is -0.313 e. The summed E-state index contributed by atoms with van der Waals surface area (Å²) in [6.45, 7) is 1.34. The molecule has 1 N–H and O–H groups in total. The maximum absolute atomic E-state index is 12.4. The quantitative estimate of drug-likeness (QED) is 0.630. The van der Waals surface area contributed by atoms with Crippen LogP contribution in [0.1, 0.15) is 18.8 Å². The highest BCUT2D eigenvalue weighted by Crippen LogP contribution is 2.09. The van der Waals surface area contributed by atoms with Gasteiger partial charge in [0.2, 0.25) is 0 Å². The largest absolute Gasteiger partial charge is 0.313 e. The molecule has 0 spiro atoms. The average molecular weight is 142 g/mol. The van der Waals surface area contributed by atoms with Gasteiger partial charge in [-0.15, -0.1) is 0 Å². The molecule has 1 aromatic heterocycles. The second-order valence-electron chi connectivity index (χ2n) is 1.95. The zero-order valence-corrected chi connectivity index (χ0v) is 5.47. The van der Waals surface area contributed by atoms with Crippen LogP contribution in [0.5, 0.6) is 0 Å². The van der Waals surface area contributed by atoms with Crippen molar-refractivity contribution >= 4 is 0 Å². The van der Waals surface area contributed by atoms with Crippen molar-refractivity contribution < 1.29 is 4.39 Å². The van der Waals surface area contributed by atoms with Gasteiger partial charge in [-0.3, -0.25) is 4.79 Å². The Morgan fingerprint density at radius 3 is 2.90 bits per heavy atom. The van der Waals surface area contributed by atoms with Gasteiger partial charge < -0.3 is 4.98 Å². The highest BCUT2D eigenvalue weighted by molar-refractivity contribution is 5.00. The van der Waals surface area contributed by atoms with Gasteiger partial charge in [-0.05, 0) is 6.92 Å². The lowest BCUT2D eigenvalue weighted by Crippen LogP contribution is -2.06. The maximum Gasteiger partial charge on any atom is 0.251 e. The van der Waals surface area contributed by atoms with Crippen LogP contribution < -0.4 is 5.56 Å². The lowest BCUT2D eigenvalue weighted by Gasteiger charge is -1.96. The number of aromatic nitrogens is 2. The van der Waals surface area contributed by atoms with Crippen molar-refractivity contribution in [3.8, 4) is 0 Å². The van der Waals surface area contributed by atoms with Gasteiger partial charge >= 0.3 is 0 Å². The second kappa shape index (κ2) is 2.60. The molecule has 0 saturated carbocycles. The molecule has 0 aliphatic rings. The van der Waals surface area contributed by atoms with Crippen molar-refractivity contribution in [2.75, 3.05) is 0 Å². The van der Waals surface area contributed by atoms with Crippen LogP contribution in [-0.2, 0) is 0 Å². The van der Waals surface area contributed by atoms with Crippen molar-refractivity contribution in [3.63, 3.8) is 0 Å². The van der Waals surface area contributed by atoms with Crippen LogP contribution in [0.25, 0.3) is 0 Å². The molecule has 1 aromatic rings. The molecule has 0 unspecified atom stereocenters. The van der Waals surface area contributed by atoms with Crippen LogP contribution in [-0.4, -0.2) is 9.97 Å². The Bertz CT molecular complexity index is 268. The van der Waals surface area contributed by atoms with Crippen LogP contribution in [0.2, 0.25) is 0 Å². The number of nitrogens with one attached hydrogen (secondary N) is 1. The Morgan fingerprint density at radius 2 is 2.50 bits per heavy atom. The summed E-state index contributed by atoms with van der Waals surface area (Å²) in [6.07, 6.45) is 0.00981. The standard InChI is InChI=1S/C6H7FN2O/c1-4(7)5-2-6(10)9-3-8-5/h2-4H,1H3,(H,8,9,10)/t4-/m0/s1. The first-order valence-electron chi connectivity index (χ1n) is 2.89. The Morgan fingerprint density at radius 1 is 1.80 bits per heavy atom. The molecule has 3 nitrogen and oxygen atoms in total. The summed E-state index contributed by atoms with van der Waals surface area (Å²) in [5, 5.41) is 0. The van der Waals surface area contributed by atoms with Crippen molar-refractivity contribution in [2.45, 2.75) is 13.1 Å². The van der Waals surface area contributed by atoms with Gasteiger partial charge in [-0.2, -0.15) is 0 Å². The normalized spacial score (nSPS) is 13.0. The van der Waals surface area contributed by atoms with Gasteiger partial charge in [0, 0.05) is 6.07 Å². The zero-order chi connectivity index (χ0) is 7.56. The molecular formula is C6H7FN2O. The summed E-state index contributed by atoms with van der Waals surface area (Å²) in [4.78, 5) is 16.4. The van der Waals surface area contributed by atoms with Gasteiger partial charge in [0.25, 0.3) is 5.56 Å². The number of hydrogen-bond donors (Lipinski definition) is 1. The Labute approximate surface area is 56.9 Å². The van der Waals surface area contributed by atoms with E-state index in [4.69, 9.17) is 0 Å². The van der Waals surface area contributed by atoms with E-state index >= 15 is 0 Å². The molecule has 4 heteroatoms. The second-order valence-corrected chi connectivity index (χ2v) is 1.95. The Kier molecular flexibility index (Phi) is 1.80. The first kappa shape index (κ1) is 6.92. The fourth-order valence-electron chi connectivity index (χ4n) is 0.601. The fraction of sp³-hybridized carbons (Fsp3) is 0.333. The summed E-state index contributed by atoms with van der Waals surface area (Å²) in [5.74, 6) is 0. The number of nitrogens with zero attached hydrogens (tertiary/aromatic N) is 1. The van der Waals surface area contributed by atoms with E-state index in [-0.39, 0.29) is 11.3 Å². The van der Waals surface area contributed by atoms with Gasteiger partial charge in [-0.25, -0.2) is 9.37 Å². The number of hydrogen-bond acceptors (Lipinski definition) is 2. The van der Waals surface area contributed by atoms with Crippen molar-refractivity contribution in [3.05, 3.63) is 28.4 Å². The van der Waals surface area contributed by atoms with E-state index in [1.54, 1.807) is 0 Å². The lowest BCUT2D eigenvalue weighted by molar-refractivity contribution is 0.365. The van der Waals surface area contributed by atoms with Gasteiger partial charge in [0.15, 0.2) is 0 Å². The average Bonchev–Trinajstić information content (AvgIpc) is 1.88. The number of halogens is 1. The first-order valence-corrected chi connectivity index (χ1v) is 2.89. The number of aromatic amines is 1. The molecule has 0 radical (unpaired) electrons. The third kappa shape index (κ3) is 1.40. The molecule has 1 heterocycles. The van der Waals surface area contributed by atoms with E-state index in [1.807, 2.05) is 0 Å². The summed E-state index contributed by atoms with van der Waals surface area (Å²) >= 11 is 0. The van der Waals surface area contributed by atoms with Crippen molar-refractivity contribution in [1.82, 2.24) is 9.97 Å². The molecule has 0 saturated heterocycles. The summed E-state index contributed by atoms with van der Waals surface area (Å²) in [7, 11) is 0. The van der Waals surface area contributed by atoms with Crippen LogP contribution >= 0.6 is 0 Å². The number of alkyl halides is 1. The van der Waals surface area contributed by atoms with Crippen molar-refractivity contribution in [1.29, 1.82) is 0 Å². The van der Waals surface area contributed by atoms with Gasteiger partial charge in [-0.1, -0.05) is 0 Å². The van der Waals surface area contributed by atoms with Crippen LogP contribution in [0, 0.1) is 0 Å². The van der Waals surface area contributed by atoms with E-state index in [0.717, 1.165) is 6.07 Å². The minimum atomic E-state index is -1.18. The predicted octanol–water partition coefficient (Wildman–Crippen LogP) is 0.800. The molecule has 0 aliphatic heterocycles. The summed E-state index contributed by atoms with van der Waals surface area (Å²) in [6, 6.07) is 1.14. The van der Waals surface area contributed by atoms with Crippen LogP contribution in [0.15, 0.2) is 17.2 Å². The summed E-state index contributed by atoms with van der Waals surface area (Å²) < 4.78 is 12.4. The molecule has 0 aliphatic carbocycles. The SMILES string of the molecule is C[C@H](F)c1cc(=O)[nH]cn1. The third-order valence-corrected chi connectivity index (χ3v) is 1.11. The Hall–Kier alpha value is -1.19. The molecule has 0 fully saturated rings.